The molecule has 1 aliphatic rings. The van der Waals surface area contributed by atoms with E-state index in [1.807, 2.05) is 47.8 Å². The molecule has 0 unspecified atom stereocenters. The van der Waals surface area contributed by atoms with Crippen molar-refractivity contribution in [3.63, 3.8) is 0 Å². The maximum atomic E-state index is 13.0. The second kappa shape index (κ2) is 12.3. The van der Waals surface area contributed by atoms with Crippen LogP contribution in [-0.2, 0) is 38.3 Å². The largest absolute Gasteiger partial charge is 0.454 e. The summed E-state index contributed by atoms with van der Waals surface area (Å²) in [5.74, 6) is -0.910. The smallest absolute Gasteiger partial charge is 0.239 e. The number of thiophene rings is 1. The molecule has 9 nitrogen and oxygen atoms in total. The van der Waals surface area contributed by atoms with Crippen LogP contribution < -0.4 is 20.1 Å². The molecule has 0 bridgehead atoms. The van der Waals surface area contributed by atoms with Crippen LogP contribution in [0.25, 0.3) is 0 Å². The number of nitrogens with one attached hydrogen (secondary N) is 2. The third kappa shape index (κ3) is 7.40. The van der Waals surface area contributed by atoms with E-state index in [4.69, 9.17) is 9.47 Å². The fourth-order valence-electron chi connectivity index (χ4n) is 3.45. The highest BCUT2D eigenvalue weighted by atomic mass is 32.2. The van der Waals surface area contributed by atoms with Crippen LogP contribution in [-0.4, -0.2) is 51.7 Å². The van der Waals surface area contributed by atoms with Gasteiger partial charge >= 0.3 is 0 Å². The number of amides is 3. The number of hydrogen-bond acceptors (Lipinski definition) is 7. The molecule has 0 saturated carbocycles. The van der Waals surface area contributed by atoms with Crippen molar-refractivity contribution in [2.24, 2.45) is 0 Å². The molecule has 3 aromatic rings. The Labute approximate surface area is 214 Å². The summed E-state index contributed by atoms with van der Waals surface area (Å²) in [4.78, 5) is 40.1. The molecule has 1 aromatic heterocycles. The molecule has 3 amide bonds. The van der Waals surface area contributed by atoms with Crippen LogP contribution in [0.5, 0.6) is 11.5 Å². The maximum Gasteiger partial charge on any atom is 0.239 e. The molecule has 11 heteroatoms. The van der Waals surface area contributed by atoms with Crippen molar-refractivity contribution in [3.05, 3.63) is 76.5 Å². The molecule has 2 heterocycles. The second-order valence-electron chi connectivity index (χ2n) is 7.94. The van der Waals surface area contributed by atoms with Crippen molar-refractivity contribution in [3.8, 4) is 11.5 Å². The summed E-state index contributed by atoms with van der Waals surface area (Å²) in [5, 5.41) is 7.34. The van der Waals surface area contributed by atoms with E-state index in [-0.39, 0.29) is 37.3 Å². The summed E-state index contributed by atoms with van der Waals surface area (Å²) in [6, 6.07) is 18.1. The lowest BCUT2D eigenvalue weighted by Gasteiger charge is -2.21. The zero-order valence-electron chi connectivity index (χ0n) is 19.3. The number of hydrogen-bond donors (Lipinski definition) is 2. The Balaban J connectivity index is 1.30. The number of ether oxygens (including phenoxy) is 2. The fraction of sp³-hybridized carbons (Fsp3) is 0.240. The summed E-state index contributed by atoms with van der Waals surface area (Å²) in [5.41, 5.74) is 1.42. The van der Waals surface area contributed by atoms with Gasteiger partial charge in [0.1, 0.15) is 11.5 Å². The first-order chi connectivity index (χ1) is 17.5. The van der Waals surface area contributed by atoms with Gasteiger partial charge in [-0.25, -0.2) is 0 Å². The highest BCUT2D eigenvalue weighted by molar-refractivity contribution is 7.86. The van der Waals surface area contributed by atoms with Gasteiger partial charge in [0.2, 0.25) is 24.5 Å². The van der Waals surface area contributed by atoms with Crippen molar-refractivity contribution >= 4 is 45.5 Å². The zero-order valence-corrected chi connectivity index (χ0v) is 20.9. The first-order valence-corrected chi connectivity index (χ1v) is 13.5. The Morgan fingerprint density at radius 3 is 2.53 bits per heavy atom. The molecule has 4 rings (SSSR count). The minimum atomic E-state index is -1.76. The Kier molecular flexibility index (Phi) is 8.69. The SMILES string of the molecule is O=C(CN(Cc1cccs1)C(=O)C[S@@](=O)CC(=O)Nc1ccc2c(c1)OCO2)NCc1ccccc1. The molecule has 0 aliphatic carbocycles. The van der Waals surface area contributed by atoms with Crippen LogP contribution in [0.1, 0.15) is 10.4 Å². The number of carbonyl (C=O) groups excluding carboxylic acids is 3. The molecular weight excluding hydrogens is 502 g/mol. The predicted molar refractivity (Wildman–Crippen MR) is 137 cm³/mol. The fourth-order valence-corrected chi connectivity index (χ4v) is 5.09. The normalized spacial score (nSPS) is 12.6. The molecule has 2 aromatic carbocycles. The number of benzene rings is 2. The van der Waals surface area contributed by atoms with E-state index in [1.54, 1.807) is 18.2 Å². The van der Waals surface area contributed by atoms with E-state index in [0.717, 1.165) is 10.4 Å². The minimum Gasteiger partial charge on any atom is -0.454 e. The van der Waals surface area contributed by atoms with Crippen LogP contribution in [0.2, 0.25) is 0 Å². The zero-order chi connectivity index (χ0) is 25.3. The van der Waals surface area contributed by atoms with E-state index in [1.165, 1.54) is 16.2 Å². The Hall–Kier alpha value is -3.70. The maximum absolute atomic E-state index is 13.0. The van der Waals surface area contributed by atoms with E-state index >= 15 is 0 Å². The summed E-state index contributed by atoms with van der Waals surface area (Å²) in [6.07, 6.45) is 0. The Bertz CT molecular complexity index is 1230. The molecule has 1 atom stereocenters. The van der Waals surface area contributed by atoms with E-state index in [2.05, 4.69) is 10.6 Å². The minimum absolute atomic E-state index is 0.116. The molecular formula is C25H25N3O6S2. The summed E-state index contributed by atoms with van der Waals surface area (Å²) >= 11 is 1.46. The number of anilines is 1. The molecule has 0 fully saturated rings. The predicted octanol–water partition coefficient (Wildman–Crippen LogP) is 2.51. The van der Waals surface area contributed by atoms with E-state index < -0.39 is 22.6 Å². The van der Waals surface area contributed by atoms with Crippen LogP contribution in [0.15, 0.2) is 66.0 Å². The lowest BCUT2D eigenvalue weighted by atomic mass is 10.2. The quantitative estimate of drug-likeness (QED) is 0.396. The molecule has 36 heavy (non-hydrogen) atoms. The molecule has 0 radical (unpaired) electrons. The molecule has 0 spiro atoms. The highest BCUT2D eigenvalue weighted by Gasteiger charge is 2.22. The Morgan fingerprint density at radius 1 is 0.944 bits per heavy atom. The average molecular weight is 528 g/mol. The van der Waals surface area contributed by atoms with Crippen LogP contribution in [0.3, 0.4) is 0 Å². The van der Waals surface area contributed by atoms with Crippen molar-refractivity contribution in [1.29, 1.82) is 0 Å². The molecule has 2 N–H and O–H groups in total. The third-order valence-electron chi connectivity index (χ3n) is 5.18. The molecule has 188 valence electrons. The van der Waals surface area contributed by atoms with Gasteiger partial charge in [-0.15, -0.1) is 11.3 Å². The van der Waals surface area contributed by atoms with Crippen molar-refractivity contribution in [2.45, 2.75) is 13.1 Å². The van der Waals surface area contributed by atoms with Crippen LogP contribution in [0.4, 0.5) is 5.69 Å². The lowest BCUT2D eigenvalue weighted by molar-refractivity contribution is -0.134. The van der Waals surface area contributed by atoms with Gasteiger partial charge in [-0.3, -0.25) is 18.6 Å². The Morgan fingerprint density at radius 2 is 1.75 bits per heavy atom. The van der Waals surface area contributed by atoms with Gasteiger partial charge < -0.3 is 25.0 Å². The van der Waals surface area contributed by atoms with Crippen molar-refractivity contribution < 1.29 is 28.1 Å². The first-order valence-electron chi connectivity index (χ1n) is 11.1. The number of rotatable bonds is 11. The molecule has 1 aliphatic heterocycles. The lowest BCUT2D eigenvalue weighted by Crippen LogP contribution is -2.42. The first kappa shape index (κ1) is 25.4. The standard InChI is InChI=1S/C25H25N3O6S2/c29-23(26-12-18-5-2-1-3-6-18)14-28(13-20-7-4-10-35-20)25(31)16-36(32)15-24(30)27-19-8-9-21-22(11-19)34-17-33-21/h1-11H,12-17H2,(H,26,29)(H,27,30)/t36-/m0/s1. The van der Waals surface area contributed by atoms with Crippen LogP contribution in [0, 0.1) is 0 Å². The van der Waals surface area contributed by atoms with E-state index in [0.29, 0.717) is 23.7 Å². The second-order valence-corrected chi connectivity index (χ2v) is 10.4. The topological polar surface area (TPSA) is 114 Å². The van der Waals surface area contributed by atoms with Gasteiger partial charge in [0.05, 0.1) is 13.1 Å². The number of carbonyl (C=O) groups is 3. The summed E-state index contributed by atoms with van der Waals surface area (Å²) < 4.78 is 23.1. The van der Waals surface area contributed by atoms with Gasteiger partial charge in [0.15, 0.2) is 11.5 Å². The van der Waals surface area contributed by atoms with Crippen molar-refractivity contribution in [1.82, 2.24) is 10.2 Å². The summed E-state index contributed by atoms with van der Waals surface area (Å²) in [7, 11) is -1.76. The number of fused-ring (bicyclic) bond motifs is 1. The highest BCUT2D eigenvalue weighted by Crippen LogP contribution is 2.34. The van der Waals surface area contributed by atoms with Gasteiger partial charge in [-0.2, -0.15) is 0 Å². The van der Waals surface area contributed by atoms with E-state index in [9.17, 15) is 18.6 Å². The van der Waals surface area contributed by atoms with Gasteiger partial charge in [0, 0.05) is 34.0 Å². The number of nitrogens with zero attached hydrogens (tertiary/aromatic N) is 1. The van der Waals surface area contributed by atoms with Gasteiger partial charge in [0.25, 0.3) is 0 Å². The van der Waals surface area contributed by atoms with Crippen molar-refractivity contribution in [2.75, 3.05) is 30.2 Å². The van der Waals surface area contributed by atoms with Gasteiger partial charge in [-0.05, 0) is 29.1 Å². The summed E-state index contributed by atoms with van der Waals surface area (Å²) in [6.45, 7) is 0.498. The monoisotopic (exact) mass is 527 g/mol. The molecule has 0 saturated heterocycles. The average Bonchev–Trinajstić information content (AvgIpc) is 3.54. The van der Waals surface area contributed by atoms with Gasteiger partial charge in [-0.1, -0.05) is 36.4 Å². The van der Waals surface area contributed by atoms with Crippen LogP contribution >= 0.6 is 11.3 Å². The third-order valence-corrected chi connectivity index (χ3v) is 7.19.